The molecule has 0 saturated carbocycles. The average Bonchev–Trinajstić information content (AvgIpc) is 2.81. The summed E-state index contributed by atoms with van der Waals surface area (Å²) < 4.78 is 0. The van der Waals surface area contributed by atoms with Crippen molar-refractivity contribution in [3.05, 3.63) is 0 Å². The third-order valence-corrected chi connectivity index (χ3v) is 5.45. The van der Waals surface area contributed by atoms with Crippen LogP contribution in [0.25, 0.3) is 0 Å². The molecule has 64 valence electrons. The first-order chi connectivity index (χ1) is 5.33. The number of carbonyl (C=O) groups is 1. The summed E-state index contributed by atoms with van der Waals surface area (Å²) in [7, 11) is 0. The summed E-state index contributed by atoms with van der Waals surface area (Å²) in [5, 5.41) is 3.55. The molecule has 0 bridgehead atoms. The summed E-state index contributed by atoms with van der Waals surface area (Å²) in [5.41, 5.74) is 0. The van der Waals surface area contributed by atoms with Gasteiger partial charge in [0.15, 0.2) is 0 Å². The van der Waals surface area contributed by atoms with E-state index in [4.69, 9.17) is 0 Å². The van der Waals surface area contributed by atoms with E-state index < -0.39 is 0 Å². The first-order valence-corrected chi connectivity index (χ1v) is 7.51. The minimum atomic E-state index is 0.440. The molecule has 0 spiro atoms. The first-order valence-electron chi connectivity index (χ1n) is 4.04. The van der Waals surface area contributed by atoms with Crippen LogP contribution in [0.3, 0.4) is 0 Å². The van der Waals surface area contributed by atoms with Crippen molar-refractivity contribution in [2.24, 2.45) is 0 Å². The fourth-order valence-corrected chi connectivity index (χ4v) is 4.46. The van der Waals surface area contributed by atoms with Gasteiger partial charge in [0.25, 0.3) is 0 Å². The summed E-state index contributed by atoms with van der Waals surface area (Å²) in [6, 6.07) is 0. The molecular formula is C8H14OSSe. The molecule has 1 aliphatic heterocycles. The van der Waals surface area contributed by atoms with Crippen LogP contribution in [0.4, 0.5) is 0 Å². The Labute approximate surface area is 78.9 Å². The SMILES string of the molecule is CCC(=O)CC[Se]CC1CS1. The van der Waals surface area contributed by atoms with Gasteiger partial charge in [-0.1, -0.05) is 0 Å². The predicted octanol–water partition coefficient (Wildman–Crippen LogP) is 2.01. The van der Waals surface area contributed by atoms with Gasteiger partial charge in [-0.15, -0.1) is 0 Å². The van der Waals surface area contributed by atoms with E-state index >= 15 is 0 Å². The zero-order valence-corrected chi connectivity index (χ0v) is 9.37. The van der Waals surface area contributed by atoms with Crippen LogP contribution in [-0.4, -0.2) is 31.7 Å². The molecule has 3 heteroatoms. The zero-order chi connectivity index (χ0) is 8.10. The second-order valence-electron chi connectivity index (χ2n) is 2.67. The Morgan fingerprint density at radius 1 is 1.73 bits per heavy atom. The Morgan fingerprint density at radius 3 is 3.00 bits per heavy atom. The molecule has 0 aliphatic carbocycles. The number of carbonyl (C=O) groups excluding carboxylic acids is 1. The van der Waals surface area contributed by atoms with Gasteiger partial charge in [-0.25, -0.2) is 0 Å². The molecular weight excluding hydrogens is 223 g/mol. The third kappa shape index (κ3) is 4.89. The molecule has 1 aliphatic rings. The molecule has 0 radical (unpaired) electrons. The van der Waals surface area contributed by atoms with Crippen molar-refractivity contribution < 1.29 is 4.79 Å². The van der Waals surface area contributed by atoms with Gasteiger partial charge >= 0.3 is 78.7 Å². The molecule has 1 fully saturated rings. The van der Waals surface area contributed by atoms with Gasteiger partial charge in [-0.2, -0.15) is 0 Å². The summed E-state index contributed by atoms with van der Waals surface area (Å²) in [4.78, 5) is 10.9. The van der Waals surface area contributed by atoms with E-state index in [0.717, 1.165) is 33.0 Å². The van der Waals surface area contributed by atoms with Crippen molar-refractivity contribution >= 4 is 32.5 Å². The molecule has 0 aromatic carbocycles. The third-order valence-electron chi connectivity index (χ3n) is 1.63. The molecule has 0 aromatic rings. The van der Waals surface area contributed by atoms with E-state index in [0.29, 0.717) is 5.78 Å². The van der Waals surface area contributed by atoms with E-state index in [2.05, 4.69) is 11.8 Å². The molecule has 1 nitrogen and oxygen atoms in total. The Balaban J connectivity index is 1.82. The van der Waals surface area contributed by atoms with Crippen LogP contribution >= 0.6 is 11.8 Å². The second kappa shape index (κ2) is 5.23. The van der Waals surface area contributed by atoms with Crippen molar-refractivity contribution in [1.82, 2.24) is 0 Å². The first kappa shape index (κ1) is 9.63. The number of Topliss-reactive ketones (excluding diaryl/α,β-unsaturated/α-hetero) is 1. The van der Waals surface area contributed by atoms with Crippen LogP contribution in [0.1, 0.15) is 19.8 Å². The van der Waals surface area contributed by atoms with Gasteiger partial charge < -0.3 is 0 Å². The molecule has 11 heavy (non-hydrogen) atoms. The molecule has 1 saturated heterocycles. The maximum atomic E-state index is 10.9. The Bertz CT molecular complexity index is 134. The monoisotopic (exact) mass is 238 g/mol. The molecule has 1 rings (SSSR count). The maximum absolute atomic E-state index is 10.9. The van der Waals surface area contributed by atoms with E-state index in [1.807, 2.05) is 6.92 Å². The van der Waals surface area contributed by atoms with Crippen LogP contribution in [-0.2, 0) is 4.79 Å². The quantitative estimate of drug-likeness (QED) is 0.399. The van der Waals surface area contributed by atoms with Crippen LogP contribution < -0.4 is 0 Å². The number of thioether (sulfide) groups is 1. The van der Waals surface area contributed by atoms with Crippen molar-refractivity contribution in [2.45, 2.75) is 35.7 Å². The molecule has 1 atom stereocenters. The normalized spacial score (nSPS) is 21.7. The van der Waals surface area contributed by atoms with Crippen molar-refractivity contribution in [1.29, 1.82) is 0 Å². The van der Waals surface area contributed by atoms with E-state index in [1.165, 1.54) is 16.4 Å². The van der Waals surface area contributed by atoms with Gasteiger partial charge in [0, 0.05) is 0 Å². The van der Waals surface area contributed by atoms with Gasteiger partial charge in [0.1, 0.15) is 0 Å². The fourth-order valence-electron chi connectivity index (χ4n) is 0.742. The standard InChI is InChI=1S/C8H14OSSe/c1-2-7(9)3-4-11-6-8-5-10-8/h8H,2-6H2,1H3. The number of rotatable bonds is 6. The molecule has 1 unspecified atom stereocenters. The van der Waals surface area contributed by atoms with Crippen molar-refractivity contribution in [3.8, 4) is 0 Å². The van der Waals surface area contributed by atoms with E-state index in [-0.39, 0.29) is 0 Å². The molecule has 0 N–H and O–H groups in total. The summed E-state index contributed by atoms with van der Waals surface area (Å²) >= 11 is 2.81. The summed E-state index contributed by atoms with van der Waals surface area (Å²) in [6.45, 7) is 1.95. The average molecular weight is 237 g/mol. The van der Waals surface area contributed by atoms with Gasteiger partial charge in [0.05, 0.1) is 0 Å². The minimum absolute atomic E-state index is 0.440. The topological polar surface area (TPSA) is 17.1 Å². The number of hydrogen-bond donors (Lipinski definition) is 0. The van der Waals surface area contributed by atoms with Gasteiger partial charge in [0.2, 0.25) is 0 Å². The zero-order valence-electron chi connectivity index (χ0n) is 6.84. The Hall–Kier alpha value is 0.539. The van der Waals surface area contributed by atoms with Crippen molar-refractivity contribution in [2.75, 3.05) is 5.75 Å². The van der Waals surface area contributed by atoms with Crippen molar-refractivity contribution in [3.63, 3.8) is 0 Å². The van der Waals surface area contributed by atoms with E-state index in [1.54, 1.807) is 0 Å². The molecule has 1 heterocycles. The summed E-state index contributed by atoms with van der Waals surface area (Å²) in [5.74, 6) is 1.82. The Morgan fingerprint density at radius 2 is 2.45 bits per heavy atom. The van der Waals surface area contributed by atoms with E-state index in [9.17, 15) is 4.79 Å². The Kier molecular flexibility index (Phi) is 4.58. The summed E-state index contributed by atoms with van der Waals surface area (Å²) in [6.07, 6.45) is 1.57. The predicted molar refractivity (Wildman–Crippen MR) is 51.5 cm³/mol. The van der Waals surface area contributed by atoms with Crippen LogP contribution in [0, 0.1) is 0 Å². The molecule has 0 aromatic heterocycles. The van der Waals surface area contributed by atoms with Gasteiger partial charge in [-0.05, 0) is 0 Å². The van der Waals surface area contributed by atoms with Crippen LogP contribution in [0.15, 0.2) is 0 Å². The molecule has 0 amide bonds. The van der Waals surface area contributed by atoms with Crippen LogP contribution in [0.5, 0.6) is 0 Å². The van der Waals surface area contributed by atoms with Crippen LogP contribution in [0.2, 0.25) is 10.6 Å². The number of hydrogen-bond acceptors (Lipinski definition) is 2. The fraction of sp³-hybridized carbons (Fsp3) is 0.875. The second-order valence-corrected chi connectivity index (χ2v) is 6.42. The van der Waals surface area contributed by atoms with Gasteiger partial charge in [-0.3, -0.25) is 0 Å². The number of ketones is 1.